The summed E-state index contributed by atoms with van der Waals surface area (Å²) in [4.78, 5) is 25.1. The van der Waals surface area contributed by atoms with Gasteiger partial charge < -0.3 is 14.3 Å². The topological polar surface area (TPSA) is 98.3 Å². The van der Waals surface area contributed by atoms with E-state index in [1.165, 1.54) is 0 Å². The number of aromatic nitrogens is 3. The number of fused-ring (bicyclic) bond motifs is 1. The second-order valence-corrected chi connectivity index (χ2v) is 8.64. The standard InChI is InChI=1S/C26H27N3O4/c1-15(2)10-20-23-26(28-21(27-20)13-18-8-6-5-7-9-18)33-25(29-23)19-11-16(3)24(17(4)12-19)32-14-22(30)31/h5-9,11-12,15H,10,13-14H2,1-4H3,(H,30,31). The van der Waals surface area contributed by atoms with Crippen molar-refractivity contribution in [1.82, 2.24) is 15.0 Å². The van der Waals surface area contributed by atoms with Gasteiger partial charge in [0.05, 0.1) is 5.69 Å². The highest BCUT2D eigenvalue weighted by atomic mass is 16.5. The minimum absolute atomic E-state index is 0.387. The van der Waals surface area contributed by atoms with Crippen LogP contribution in [-0.2, 0) is 17.6 Å². The van der Waals surface area contributed by atoms with Crippen LogP contribution in [0.25, 0.3) is 22.7 Å². The molecule has 7 heteroatoms. The Morgan fingerprint density at radius 2 is 1.76 bits per heavy atom. The molecule has 0 aliphatic heterocycles. The third-order valence-corrected chi connectivity index (χ3v) is 5.23. The van der Waals surface area contributed by atoms with Crippen LogP contribution in [0.15, 0.2) is 46.9 Å². The van der Waals surface area contributed by atoms with Crippen LogP contribution in [0.3, 0.4) is 0 Å². The van der Waals surface area contributed by atoms with E-state index in [9.17, 15) is 4.79 Å². The van der Waals surface area contributed by atoms with Gasteiger partial charge in [-0.2, -0.15) is 4.98 Å². The van der Waals surface area contributed by atoms with E-state index in [2.05, 4.69) is 31.0 Å². The molecule has 0 unspecified atom stereocenters. The van der Waals surface area contributed by atoms with Gasteiger partial charge in [0.1, 0.15) is 11.6 Å². The molecule has 170 valence electrons. The van der Waals surface area contributed by atoms with Crippen LogP contribution in [0.2, 0.25) is 0 Å². The van der Waals surface area contributed by atoms with E-state index in [-0.39, 0.29) is 6.61 Å². The number of carboxylic acids is 1. The summed E-state index contributed by atoms with van der Waals surface area (Å²) in [6.07, 6.45) is 1.39. The van der Waals surface area contributed by atoms with Gasteiger partial charge in [0, 0.05) is 12.0 Å². The lowest BCUT2D eigenvalue weighted by atomic mass is 10.1. The van der Waals surface area contributed by atoms with Gasteiger partial charge >= 0.3 is 5.97 Å². The Kier molecular flexibility index (Phi) is 6.40. The summed E-state index contributed by atoms with van der Waals surface area (Å²) in [6, 6.07) is 13.9. The molecule has 0 aliphatic rings. The van der Waals surface area contributed by atoms with Gasteiger partial charge in [0.2, 0.25) is 5.89 Å². The molecule has 0 saturated heterocycles. The number of aryl methyl sites for hydroxylation is 2. The molecule has 2 heterocycles. The molecule has 0 bridgehead atoms. The average molecular weight is 446 g/mol. The van der Waals surface area contributed by atoms with Crippen LogP contribution in [0.4, 0.5) is 0 Å². The van der Waals surface area contributed by atoms with Crippen LogP contribution in [0, 0.1) is 19.8 Å². The normalized spacial score (nSPS) is 11.3. The fourth-order valence-electron chi connectivity index (χ4n) is 3.87. The molecular formula is C26H27N3O4. The fraction of sp³-hybridized carbons (Fsp3) is 0.308. The van der Waals surface area contributed by atoms with Gasteiger partial charge in [-0.1, -0.05) is 44.2 Å². The molecule has 0 aliphatic carbocycles. The van der Waals surface area contributed by atoms with Crippen LogP contribution in [-0.4, -0.2) is 32.6 Å². The molecule has 4 aromatic rings. The lowest BCUT2D eigenvalue weighted by Gasteiger charge is -2.11. The van der Waals surface area contributed by atoms with Gasteiger partial charge in [-0.3, -0.25) is 0 Å². The Morgan fingerprint density at radius 1 is 1.06 bits per heavy atom. The summed E-state index contributed by atoms with van der Waals surface area (Å²) in [5.41, 5.74) is 5.57. The summed E-state index contributed by atoms with van der Waals surface area (Å²) >= 11 is 0. The summed E-state index contributed by atoms with van der Waals surface area (Å²) in [7, 11) is 0. The Hall–Kier alpha value is -3.74. The first-order chi connectivity index (χ1) is 15.8. The van der Waals surface area contributed by atoms with Gasteiger partial charge in [-0.05, 0) is 55.0 Å². The summed E-state index contributed by atoms with van der Waals surface area (Å²) in [5, 5.41) is 8.91. The number of rotatable bonds is 8. The smallest absolute Gasteiger partial charge is 0.341 e. The van der Waals surface area contributed by atoms with E-state index < -0.39 is 5.97 Å². The Morgan fingerprint density at radius 3 is 2.39 bits per heavy atom. The van der Waals surface area contributed by atoms with Crippen molar-refractivity contribution in [3.63, 3.8) is 0 Å². The fourth-order valence-corrected chi connectivity index (χ4v) is 3.87. The van der Waals surface area contributed by atoms with E-state index in [0.717, 1.165) is 34.4 Å². The quantitative estimate of drug-likeness (QED) is 0.400. The van der Waals surface area contributed by atoms with Crippen molar-refractivity contribution in [2.45, 2.75) is 40.5 Å². The molecular weight excluding hydrogens is 418 g/mol. The predicted molar refractivity (Wildman–Crippen MR) is 125 cm³/mol. The summed E-state index contributed by atoms with van der Waals surface area (Å²) in [5.74, 6) is 1.11. The third kappa shape index (κ3) is 5.19. The molecule has 0 amide bonds. The van der Waals surface area contributed by atoms with Gasteiger partial charge in [-0.25, -0.2) is 14.8 Å². The predicted octanol–water partition coefficient (Wildman–Crippen LogP) is 5.15. The number of ether oxygens (including phenoxy) is 1. The maximum Gasteiger partial charge on any atom is 0.341 e. The highest BCUT2D eigenvalue weighted by molar-refractivity contribution is 5.76. The zero-order valence-electron chi connectivity index (χ0n) is 19.3. The zero-order valence-corrected chi connectivity index (χ0v) is 19.3. The van der Waals surface area contributed by atoms with Crippen LogP contribution >= 0.6 is 0 Å². The molecule has 0 saturated carbocycles. The van der Waals surface area contributed by atoms with Crippen molar-refractivity contribution in [3.8, 4) is 17.2 Å². The van der Waals surface area contributed by atoms with E-state index in [1.54, 1.807) is 0 Å². The first kappa shape index (κ1) is 22.5. The van der Waals surface area contributed by atoms with Gasteiger partial charge in [0.25, 0.3) is 5.71 Å². The van der Waals surface area contributed by atoms with E-state index >= 15 is 0 Å². The van der Waals surface area contributed by atoms with Crippen molar-refractivity contribution < 1.29 is 19.1 Å². The van der Waals surface area contributed by atoms with Gasteiger partial charge in [-0.15, -0.1) is 0 Å². The Balaban J connectivity index is 1.74. The minimum atomic E-state index is -1.01. The van der Waals surface area contributed by atoms with Crippen molar-refractivity contribution in [3.05, 3.63) is 70.7 Å². The maximum absolute atomic E-state index is 10.9. The molecule has 1 N–H and O–H groups in total. The highest BCUT2D eigenvalue weighted by Crippen LogP contribution is 2.32. The van der Waals surface area contributed by atoms with E-state index in [0.29, 0.717) is 41.0 Å². The number of oxazole rings is 1. The van der Waals surface area contributed by atoms with Crippen molar-refractivity contribution in [2.24, 2.45) is 5.92 Å². The second kappa shape index (κ2) is 9.40. The molecule has 0 radical (unpaired) electrons. The molecule has 0 spiro atoms. The highest BCUT2D eigenvalue weighted by Gasteiger charge is 2.19. The average Bonchev–Trinajstić information content (AvgIpc) is 3.18. The number of hydrogen-bond donors (Lipinski definition) is 1. The molecule has 33 heavy (non-hydrogen) atoms. The molecule has 2 aromatic heterocycles. The third-order valence-electron chi connectivity index (χ3n) is 5.23. The molecule has 7 nitrogen and oxygen atoms in total. The molecule has 0 atom stereocenters. The Labute approximate surface area is 192 Å². The van der Waals surface area contributed by atoms with E-state index in [4.69, 9.17) is 24.2 Å². The molecule has 4 rings (SSSR count). The molecule has 0 fully saturated rings. The van der Waals surface area contributed by atoms with Gasteiger partial charge in [0.15, 0.2) is 12.1 Å². The number of carboxylic acid groups (broad SMARTS) is 1. The summed E-state index contributed by atoms with van der Waals surface area (Å²) < 4.78 is 11.5. The number of hydrogen-bond acceptors (Lipinski definition) is 6. The lowest BCUT2D eigenvalue weighted by Crippen LogP contribution is -2.11. The zero-order chi connectivity index (χ0) is 23.5. The van der Waals surface area contributed by atoms with Crippen LogP contribution in [0.1, 0.15) is 42.1 Å². The second-order valence-electron chi connectivity index (χ2n) is 8.64. The Bertz CT molecular complexity index is 1270. The SMILES string of the molecule is Cc1cc(-c2nc3c(CC(C)C)nc(Cc4ccccc4)nc3o2)cc(C)c1OCC(=O)O. The van der Waals surface area contributed by atoms with Crippen LogP contribution in [0.5, 0.6) is 5.75 Å². The molecule has 2 aromatic carbocycles. The first-order valence-electron chi connectivity index (χ1n) is 11.0. The monoisotopic (exact) mass is 445 g/mol. The minimum Gasteiger partial charge on any atom is -0.481 e. The van der Waals surface area contributed by atoms with Crippen LogP contribution < -0.4 is 4.74 Å². The van der Waals surface area contributed by atoms with Crippen molar-refractivity contribution in [2.75, 3.05) is 6.61 Å². The number of benzene rings is 2. The number of carbonyl (C=O) groups is 1. The lowest BCUT2D eigenvalue weighted by molar-refractivity contribution is -0.139. The first-order valence-corrected chi connectivity index (χ1v) is 11.0. The van der Waals surface area contributed by atoms with Crippen molar-refractivity contribution in [1.29, 1.82) is 0 Å². The van der Waals surface area contributed by atoms with Crippen molar-refractivity contribution >= 4 is 17.2 Å². The number of nitrogens with zero attached hydrogens (tertiary/aromatic N) is 3. The maximum atomic E-state index is 10.9. The summed E-state index contributed by atoms with van der Waals surface area (Å²) in [6.45, 7) is 7.65. The largest absolute Gasteiger partial charge is 0.481 e. The number of aliphatic carboxylic acids is 1. The van der Waals surface area contributed by atoms with E-state index in [1.807, 2.05) is 44.2 Å².